The third-order valence-electron chi connectivity index (χ3n) is 2.98. The Morgan fingerprint density at radius 3 is 1.86 bits per heavy atom. The van der Waals surface area contributed by atoms with Crippen LogP contribution < -0.4 is 4.90 Å². The maximum absolute atomic E-state index is 8.59. The second-order valence-corrected chi connectivity index (χ2v) is 4.50. The van der Waals surface area contributed by atoms with E-state index in [4.69, 9.17) is 20.0 Å². The average Bonchev–Trinajstić information content (AvgIpc) is 2.49. The minimum Gasteiger partial charge on any atom is -0.358 e. The van der Waals surface area contributed by atoms with Crippen molar-refractivity contribution in [1.29, 1.82) is 10.5 Å². The number of anilines is 1. The maximum Gasteiger partial charge on any atom is 0.129 e. The van der Waals surface area contributed by atoms with Crippen molar-refractivity contribution in [2.24, 2.45) is 0 Å². The molecule has 0 amide bonds. The summed E-state index contributed by atoms with van der Waals surface area (Å²) < 4.78 is 11.4. The van der Waals surface area contributed by atoms with E-state index in [0.29, 0.717) is 26.1 Å². The molecular weight excluding hydrogens is 266 g/mol. The first-order valence-electron chi connectivity index (χ1n) is 7.01. The van der Waals surface area contributed by atoms with Crippen LogP contribution in [0, 0.1) is 22.7 Å². The molecule has 5 heteroatoms. The highest BCUT2D eigenvalue weighted by molar-refractivity contribution is 5.46. The fourth-order valence-electron chi connectivity index (χ4n) is 2.03. The lowest BCUT2D eigenvalue weighted by molar-refractivity contribution is 0.00338. The van der Waals surface area contributed by atoms with Crippen molar-refractivity contribution in [3.05, 3.63) is 30.3 Å². The molecule has 0 aromatic heterocycles. The van der Waals surface area contributed by atoms with Crippen LogP contribution in [-0.2, 0) is 9.47 Å². The van der Waals surface area contributed by atoms with Gasteiger partial charge in [0, 0.05) is 5.69 Å². The average molecular weight is 287 g/mol. The molecule has 2 unspecified atom stereocenters. The Morgan fingerprint density at radius 2 is 1.43 bits per heavy atom. The molecule has 21 heavy (non-hydrogen) atoms. The van der Waals surface area contributed by atoms with Crippen molar-refractivity contribution in [1.82, 2.24) is 0 Å². The van der Waals surface area contributed by atoms with E-state index in [1.54, 1.807) is 0 Å². The van der Waals surface area contributed by atoms with Gasteiger partial charge in [-0.15, -0.1) is 0 Å². The van der Waals surface area contributed by atoms with Crippen LogP contribution in [0.5, 0.6) is 0 Å². The van der Waals surface area contributed by atoms with Crippen molar-refractivity contribution in [3.8, 4) is 12.1 Å². The van der Waals surface area contributed by atoms with Crippen LogP contribution in [0.15, 0.2) is 30.3 Å². The monoisotopic (exact) mass is 287 g/mol. The van der Waals surface area contributed by atoms with Crippen molar-refractivity contribution in [2.45, 2.75) is 39.1 Å². The molecule has 0 aliphatic heterocycles. The maximum atomic E-state index is 8.59. The van der Waals surface area contributed by atoms with Crippen LogP contribution in [0.4, 0.5) is 5.69 Å². The van der Waals surface area contributed by atoms with Gasteiger partial charge < -0.3 is 14.4 Å². The number of nitriles is 2. The van der Waals surface area contributed by atoms with Gasteiger partial charge in [0.05, 0.1) is 38.2 Å². The summed E-state index contributed by atoms with van der Waals surface area (Å²) >= 11 is 0. The summed E-state index contributed by atoms with van der Waals surface area (Å²) in [5.41, 5.74) is 0.978. The van der Waals surface area contributed by atoms with Crippen LogP contribution in [-0.4, -0.2) is 25.7 Å². The van der Waals surface area contributed by atoms with Gasteiger partial charge in [-0.2, -0.15) is 10.5 Å². The third kappa shape index (κ3) is 5.83. The Kier molecular flexibility index (Phi) is 7.89. The minimum absolute atomic E-state index is 0.224. The van der Waals surface area contributed by atoms with E-state index in [1.165, 1.54) is 0 Å². The Hall–Kier alpha value is -2.08. The molecule has 112 valence electrons. The highest BCUT2D eigenvalue weighted by Gasteiger charge is 2.21. The molecule has 1 aromatic rings. The van der Waals surface area contributed by atoms with Crippen molar-refractivity contribution in [3.63, 3.8) is 0 Å². The first-order chi connectivity index (χ1) is 10.2. The molecule has 0 aliphatic rings. The Labute approximate surface area is 126 Å². The molecular formula is C16H21N3O2. The predicted molar refractivity (Wildman–Crippen MR) is 80.2 cm³/mol. The molecule has 0 saturated carbocycles. The summed E-state index contributed by atoms with van der Waals surface area (Å²) in [6.07, 6.45) is 0.267. The number of hydrogen-bond donors (Lipinski definition) is 0. The Balaban J connectivity index is 2.75. The quantitative estimate of drug-likeness (QED) is 0.515. The van der Waals surface area contributed by atoms with E-state index < -0.39 is 0 Å². The van der Waals surface area contributed by atoms with Crippen LogP contribution >= 0.6 is 0 Å². The van der Waals surface area contributed by atoms with Crippen molar-refractivity contribution in [2.75, 3.05) is 18.1 Å². The minimum atomic E-state index is -0.224. The second kappa shape index (κ2) is 9.77. The summed E-state index contributed by atoms with van der Waals surface area (Å²) in [7, 11) is 0. The highest BCUT2D eigenvalue weighted by atomic mass is 16.5. The van der Waals surface area contributed by atoms with Gasteiger partial charge in [-0.05, 0) is 26.0 Å². The first kappa shape index (κ1) is 17.0. The van der Waals surface area contributed by atoms with Crippen LogP contribution in [0.2, 0.25) is 0 Å². The lowest BCUT2D eigenvalue weighted by Gasteiger charge is -2.35. The summed E-state index contributed by atoms with van der Waals surface area (Å²) in [5.74, 6) is 0. The number of nitrogens with zero attached hydrogens (tertiary/aromatic N) is 3. The summed E-state index contributed by atoms with van der Waals surface area (Å²) in [4.78, 5) is 1.99. The van der Waals surface area contributed by atoms with Crippen molar-refractivity contribution >= 4 is 5.69 Å². The third-order valence-corrected chi connectivity index (χ3v) is 2.98. The van der Waals surface area contributed by atoms with Gasteiger partial charge in [0.15, 0.2) is 0 Å². The number of hydrogen-bond acceptors (Lipinski definition) is 5. The zero-order valence-corrected chi connectivity index (χ0v) is 12.5. The number of para-hydroxylation sites is 1. The lowest BCUT2D eigenvalue weighted by atomic mass is 10.2. The molecule has 0 radical (unpaired) electrons. The normalized spacial score (nSPS) is 13.0. The van der Waals surface area contributed by atoms with E-state index in [1.807, 2.05) is 49.1 Å². The van der Waals surface area contributed by atoms with Crippen LogP contribution in [0.1, 0.15) is 26.7 Å². The Morgan fingerprint density at radius 1 is 0.952 bits per heavy atom. The van der Waals surface area contributed by atoms with Gasteiger partial charge in [0.1, 0.15) is 12.5 Å². The lowest BCUT2D eigenvalue weighted by Crippen LogP contribution is -2.43. The van der Waals surface area contributed by atoms with E-state index in [-0.39, 0.29) is 12.5 Å². The SMILES string of the molecule is CC(OCCC#N)N(c1ccccc1)C(C)OCCC#N. The predicted octanol–water partition coefficient (Wildman–Crippen LogP) is 3.05. The molecule has 0 saturated heterocycles. The fraction of sp³-hybridized carbons (Fsp3) is 0.500. The van der Waals surface area contributed by atoms with Gasteiger partial charge in [0.2, 0.25) is 0 Å². The first-order valence-corrected chi connectivity index (χ1v) is 7.01. The Bertz CT molecular complexity index is 453. The number of rotatable bonds is 9. The molecule has 0 aliphatic carbocycles. The molecule has 0 bridgehead atoms. The standard InChI is InChI=1S/C16H21N3O2/c1-14(20-12-6-10-17)19(15(2)21-13-7-11-18)16-8-4-3-5-9-16/h3-5,8-9,14-15H,6-7,12-13H2,1-2H3. The molecule has 0 N–H and O–H groups in total. The number of benzene rings is 1. The molecule has 0 fully saturated rings. The van der Waals surface area contributed by atoms with E-state index >= 15 is 0 Å². The van der Waals surface area contributed by atoms with Gasteiger partial charge in [-0.25, -0.2) is 0 Å². The van der Waals surface area contributed by atoms with E-state index in [9.17, 15) is 0 Å². The zero-order chi connectivity index (χ0) is 15.5. The summed E-state index contributed by atoms with van der Waals surface area (Å²) in [6.45, 7) is 4.61. The largest absolute Gasteiger partial charge is 0.358 e. The van der Waals surface area contributed by atoms with E-state index in [2.05, 4.69) is 12.1 Å². The molecule has 1 rings (SSSR count). The second-order valence-electron chi connectivity index (χ2n) is 4.50. The smallest absolute Gasteiger partial charge is 0.129 e. The van der Waals surface area contributed by atoms with Crippen molar-refractivity contribution < 1.29 is 9.47 Å². The molecule has 2 atom stereocenters. The molecule has 0 spiro atoms. The highest BCUT2D eigenvalue weighted by Crippen LogP contribution is 2.21. The summed E-state index contributed by atoms with van der Waals surface area (Å²) in [5, 5.41) is 17.2. The molecule has 5 nitrogen and oxygen atoms in total. The van der Waals surface area contributed by atoms with Gasteiger partial charge >= 0.3 is 0 Å². The van der Waals surface area contributed by atoms with Gasteiger partial charge in [-0.1, -0.05) is 18.2 Å². The molecule has 1 aromatic carbocycles. The topological polar surface area (TPSA) is 69.3 Å². The van der Waals surface area contributed by atoms with Gasteiger partial charge in [0.25, 0.3) is 0 Å². The number of ether oxygens (including phenoxy) is 2. The van der Waals surface area contributed by atoms with Gasteiger partial charge in [-0.3, -0.25) is 0 Å². The molecule has 0 heterocycles. The van der Waals surface area contributed by atoms with E-state index in [0.717, 1.165) is 5.69 Å². The van der Waals surface area contributed by atoms with Crippen LogP contribution in [0.25, 0.3) is 0 Å². The zero-order valence-electron chi connectivity index (χ0n) is 12.5. The summed E-state index contributed by atoms with van der Waals surface area (Å²) in [6, 6.07) is 13.9. The van der Waals surface area contributed by atoms with Crippen LogP contribution in [0.3, 0.4) is 0 Å². The fourth-order valence-corrected chi connectivity index (χ4v) is 2.03.